The van der Waals surface area contributed by atoms with E-state index in [4.69, 9.17) is 4.43 Å². The second-order valence-electron chi connectivity index (χ2n) is 7.36. The van der Waals surface area contributed by atoms with Gasteiger partial charge in [0, 0.05) is 10.4 Å². The first kappa shape index (κ1) is 18.0. The number of hydrogen-bond acceptors (Lipinski definition) is 2. The van der Waals surface area contributed by atoms with Gasteiger partial charge in [-0.15, -0.1) is 6.58 Å². The summed E-state index contributed by atoms with van der Waals surface area (Å²) in [4.78, 5) is 0. The van der Waals surface area contributed by atoms with E-state index in [-0.39, 0.29) is 11.0 Å². The first-order chi connectivity index (χ1) is 9.68. The normalized spacial score (nSPS) is 24.7. The maximum absolute atomic E-state index is 10.6. The van der Waals surface area contributed by atoms with Gasteiger partial charge in [0.15, 0.2) is 8.32 Å². The molecule has 0 aromatic rings. The smallest absolute Gasteiger partial charge is 0.301 e. The first-order valence-corrected chi connectivity index (χ1v) is 11.2. The monoisotopic (exact) mass is 307 g/mol. The highest BCUT2D eigenvalue weighted by Crippen LogP contribution is 2.51. The van der Waals surface area contributed by atoms with Crippen molar-refractivity contribution in [3.63, 3.8) is 0 Å². The van der Waals surface area contributed by atoms with Crippen LogP contribution in [0.2, 0.25) is 19.6 Å². The summed E-state index contributed by atoms with van der Waals surface area (Å²) in [6.45, 7) is 14.9. The van der Waals surface area contributed by atoms with Crippen LogP contribution in [0.15, 0.2) is 24.3 Å². The third-order valence-corrected chi connectivity index (χ3v) is 5.43. The Morgan fingerprint density at radius 1 is 1.48 bits per heavy atom. The Hall–Kier alpha value is -1.05. The van der Waals surface area contributed by atoms with Crippen LogP contribution in [0.25, 0.3) is 5.01 Å². The van der Waals surface area contributed by atoms with Crippen molar-refractivity contribution in [1.82, 2.24) is 0 Å². The molecule has 1 unspecified atom stereocenters. The quantitative estimate of drug-likeness (QED) is 0.368. The van der Waals surface area contributed by atoms with Gasteiger partial charge in [-0.05, 0) is 45.3 Å². The third kappa shape index (κ3) is 4.21. The van der Waals surface area contributed by atoms with Gasteiger partial charge in [0.05, 0.1) is 5.60 Å². The SMILES string of the molecule is C=CCCC1=CCCC(CC#[N+][O-])(O[Si](C)(C)C)C1(C)C. The lowest BCUT2D eigenvalue weighted by atomic mass is 9.62. The lowest BCUT2D eigenvalue weighted by molar-refractivity contribution is -0.0403. The zero-order valence-electron chi connectivity index (χ0n) is 14.2. The van der Waals surface area contributed by atoms with Crippen molar-refractivity contribution in [2.24, 2.45) is 5.41 Å². The molecule has 0 saturated carbocycles. The predicted molar refractivity (Wildman–Crippen MR) is 92.9 cm³/mol. The standard InChI is InChI=1S/C17H29NO2Si/c1-7-8-10-15-11-9-12-17(13-14-18-19,16(15,2)3)20-21(4,5)6/h7,11H,1,8-10,12-13H2,2-6H3. The van der Waals surface area contributed by atoms with E-state index >= 15 is 0 Å². The fourth-order valence-electron chi connectivity index (χ4n) is 3.28. The van der Waals surface area contributed by atoms with E-state index in [9.17, 15) is 5.21 Å². The summed E-state index contributed by atoms with van der Waals surface area (Å²) < 4.78 is 6.60. The number of nitrogens with zero attached hydrogens (tertiary/aromatic N) is 1. The van der Waals surface area contributed by atoms with E-state index < -0.39 is 8.32 Å². The predicted octanol–water partition coefficient (Wildman–Crippen LogP) is 5.51. The fourth-order valence-corrected chi connectivity index (χ4v) is 4.88. The lowest BCUT2D eigenvalue weighted by Crippen LogP contribution is -2.54. The molecule has 0 saturated heterocycles. The van der Waals surface area contributed by atoms with E-state index in [1.54, 1.807) is 0 Å². The molecule has 3 nitrogen and oxygen atoms in total. The van der Waals surface area contributed by atoms with Gasteiger partial charge in [-0.2, -0.15) is 0 Å². The molecule has 1 rings (SSSR count). The van der Waals surface area contributed by atoms with Crippen molar-refractivity contribution in [3.8, 4) is 6.07 Å². The van der Waals surface area contributed by atoms with Crippen LogP contribution in [0.4, 0.5) is 0 Å². The van der Waals surface area contributed by atoms with Crippen molar-refractivity contribution < 1.29 is 4.43 Å². The molecule has 1 aliphatic rings. The molecule has 1 aliphatic carbocycles. The van der Waals surface area contributed by atoms with Crippen LogP contribution in [0.1, 0.15) is 46.0 Å². The topological polar surface area (TPSA) is 36.6 Å². The fraction of sp³-hybridized carbons (Fsp3) is 0.706. The molecule has 0 radical (unpaired) electrons. The minimum Gasteiger partial charge on any atom is -0.498 e. The Morgan fingerprint density at radius 2 is 2.14 bits per heavy atom. The molecule has 0 bridgehead atoms. The lowest BCUT2D eigenvalue weighted by Gasteiger charge is -2.52. The number of rotatable bonds is 6. The summed E-state index contributed by atoms with van der Waals surface area (Å²) >= 11 is 0. The molecule has 0 aliphatic heterocycles. The van der Waals surface area contributed by atoms with E-state index in [0.29, 0.717) is 6.42 Å². The average Bonchev–Trinajstić information content (AvgIpc) is 2.36. The molecule has 21 heavy (non-hydrogen) atoms. The molecular weight excluding hydrogens is 278 g/mol. The Kier molecular flexibility index (Phi) is 5.83. The summed E-state index contributed by atoms with van der Waals surface area (Å²) in [6, 6.07) is 2.63. The van der Waals surface area contributed by atoms with Crippen LogP contribution >= 0.6 is 0 Å². The van der Waals surface area contributed by atoms with Gasteiger partial charge in [-0.3, -0.25) is 0 Å². The molecule has 0 heterocycles. The van der Waals surface area contributed by atoms with Crippen LogP contribution in [0.3, 0.4) is 0 Å². The zero-order valence-corrected chi connectivity index (χ0v) is 15.2. The molecule has 118 valence electrons. The van der Waals surface area contributed by atoms with Crippen molar-refractivity contribution in [1.29, 1.82) is 0 Å². The van der Waals surface area contributed by atoms with Crippen LogP contribution in [0.5, 0.6) is 0 Å². The Labute approximate surface area is 130 Å². The highest BCUT2D eigenvalue weighted by Gasteiger charge is 2.51. The van der Waals surface area contributed by atoms with E-state index in [0.717, 1.165) is 25.7 Å². The van der Waals surface area contributed by atoms with Gasteiger partial charge in [-0.25, -0.2) is 0 Å². The number of allylic oxidation sites excluding steroid dienone is 2. The van der Waals surface area contributed by atoms with Gasteiger partial charge < -0.3 is 9.63 Å². The molecular formula is C17H29NO2Si. The van der Waals surface area contributed by atoms with Crippen LogP contribution in [0, 0.1) is 16.7 Å². The summed E-state index contributed by atoms with van der Waals surface area (Å²) in [5, 5.41) is 13.4. The molecule has 0 spiro atoms. The summed E-state index contributed by atoms with van der Waals surface area (Å²) in [6.07, 6.45) is 8.64. The van der Waals surface area contributed by atoms with Gasteiger partial charge in [0.25, 0.3) is 0 Å². The van der Waals surface area contributed by atoms with Crippen LogP contribution < -0.4 is 0 Å². The Balaban J connectivity index is 3.18. The van der Waals surface area contributed by atoms with Crippen molar-refractivity contribution in [2.75, 3.05) is 0 Å². The highest BCUT2D eigenvalue weighted by atomic mass is 28.4. The number of hydrogen-bond donors (Lipinski definition) is 0. The first-order valence-electron chi connectivity index (χ1n) is 7.74. The third-order valence-electron chi connectivity index (χ3n) is 4.43. The molecule has 0 amide bonds. The molecule has 4 heteroatoms. The van der Waals surface area contributed by atoms with Crippen molar-refractivity contribution in [3.05, 3.63) is 34.5 Å². The molecule has 0 aromatic carbocycles. The van der Waals surface area contributed by atoms with E-state index in [1.165, 1.54) is 5.57 Å². The van der Waals surface area contributed by atoms with E-state index in [2.05, 4.69) is 57.2 Å². The highest BCUT2D eigenvalue weighted by molar-refractivity contribution is 6.69. The second-order valence-corrected chi connectivity index (χ2v) is 11.8. The molecule has 0 N–H and O–H groups in total. The average molecular weight is 308 g/mol. The summed E-state index contributed by atoms with van der Waals surface area (Å²) in [7, 11) is -1.75. The van der Waals surface area contributed by atoms with Gasteiger partial charge >= 0.3 is 6.07 Å². The maximum Gasteiger partial charge on any atom is 0.301 e. The maximum atomic E-state index is 10.6. The molecule has 1 atom stereocenters. The van der Waals surface area contributed by atoms with Crippen LogP contribution in [-0.4, -0.2) is 13.9 Å². The minimum absolute atomic E-state index is 0.119. The second kappa shape index (κ2) is 6.80. The van der Waals surface area contributed by atoms with Gasteiger partial charge in [-0.1, -0.05) is 31.6 Å². The van der Waals surface area contributed by atoms with Crippen molar-refractivity contribution >= 4 is 8.32 Å². The Bertz CT molecular complexity index is 465. The summed E-state index contributed by atoms with van der Waals surface area (Å²) in [5.74, 6) is 0. The zero-order chi connectivity index (χ0) is 16.1. The van der Waals surface area contributed by atoms with Crippen molar-refractivity contribution in [2.45, 2.75) is 71.2 Å². The largest absolute Gasteiger partial charge is 0.498 e. The van der Waals surface area contributed by atoms with E-state index in [1.807, 2.05) is 6.08 Å². The van der Waals surface area contributed by atoms with Gasteiger partial charge in [0.1, 0.15) is 6.42 Å². The minimum atomic E-state index is -1.75. The summed E-state index contributed by atoms with van der Waals surface area (Å²) in [5.41, 5.74) is 0.919. The Morgan fingerprint density at radius 3 is 2.67 bits per heavy atom. The molecule has 0 aromatic heterocycles. The van der Waals surface area contributed by atoms with Crippen LogP contribution in [-0.2, 0) is 4.43 Å². The molecule has 0 fully saturated rings. The van der Waals surface area contributed by atoms with Gasteiger partial charge in [0.2, 0.25) is 0 Å².